The lowest BCUT2D eigenvalue weighted by molar-refractivity contribution is 0.102. The molecule has 0 aliphatic carbocycles. The summed E-state index contributed by atoms with van der Waals surface area (Å²) in [7, 11) is 1.58. The molecule has 20 heavy (non-hydrogen) atoms. The molecule has 0 bridgehead atoms. The molecular weight excluding hydrogens is 276 g/mol. The third-order valence-corrected chi connectivity index (χ3v) is 3.18. The minimum atomic E-state index is -0.212. The van der Waals surface area contributed by atoms with Crippen molar-refractivity contribution >= 4 is 23.2 Å². The fourth-order valence-corrected chi connectivity index (χ4v) is 2.01. The van der Waals surface area contributed by atoms with Gasteiger partial charge in [-0.15, -0.1) is 0 Å². The Labute approximate surface area is 122 Å². The van der Waals surface area contributed by atoms with E-state index in [1.54, 1.807) is 38.3 Å². The lowest BCUT2D eigenvalue weighted by Gasteiger charge is -2.10. The smallest absolute Gasteiger partial charge is 0.255 e. The summed E-state index contributed by atoms with van der Waals surface area (Å²) in [5, 5.41) is 3.21. The van der Waals surface area contributed by atoms with Gasteiger partial charge in [0.05, 0.1) is 18.5 Å². The number of nitrogens with one attached hydrogen (secondary N) is 1. The molecule has 0 saturated carbocycles. The first-order valence-electron chi connectivity index (χ1n) is 6.10. The van der Waals surface area contributed by atoms with Crippen LogP contribution in [0.4, 0.5) is 5.69 Å². The molecule has 4 nitrogen and oxygen atoms in total. The van der Waals surface area contributed by atoms with Crippen LogP contribution < -0.4 is 10.1 Å². The van der Waals surface area contributed by atoms with Gasteiger partial charge in [0, 0.05) is 5.56 Å². The van der Waals surface area contributed by atoms with Crippen LogP contribution >= 0.6 is 11.6 Å². The lowest BCUT2D eigenvalue weighted by Crippen LogP contribution is -2.13. The van der Waals surface area contributed by atoms with Crippen LogP contribution in [0.25, 0.3) is 0 Å². The van der Waals surface area contributed by atoms with E-state index in [9.17, 15) is 4.79 Å². The van der Waals surface area contributed by atoms with E-state index in [1.807, 2.05) is 13.0 Å². The van der Waals surface area contributed by atoms with Crippen molar-refractivity contribution in [2.45, 2.75) is 13.8 Å². The Balaban J connectivity index is 2.24. The van der Waals surface area contributed by atoms with Crippen LogP contribution in [0.15, 0.2) is 30.3 Å². The van der Waals surface area contributed by atoms with Gasteiger partial charge in [0.1, 0.15) is 10.9 Å². The number of nitrogens with zero attached hydrogens (tertiary/aromatic N) is 1. The second-order valence-electron chi connectivity index (χ2n) is 4.41. The molecule has 5 heteroatoms. The third-order valence-electron chi connectivity index (χ3n) is 2.97. The molecule has 1 N–H and O–H groups in total. The van der Waals surface area contributed by atoms with Crippen molar-refractivity contribution in [3.05, 3.63) is 52.3 Å². The standard InChI is InChI=1S/C15H15ClN2O2/c1-9-4-5-11(8-13(9)20-3)15(19)18-12-6-7-14(16)17-10(12)2/h4-8H,1-3H3,(H,18,19). The first kappa shape index (κ1) is 14.3. The van der Waals surface area contributed by atoms with Crippen molar-refractivity contribution < 1.29 is 9.53 Å². The van der Waals surface area contributed by atoms with Crippen molar-refractivity contribution in [1.29, 1.82) is 0 Å². The number of benzene rings is 1. The summed E-state index contributed by atoms with van der Waals surface area (Å²) in [6.45, 7) is 3.71. The number of ether oxygens (including phenoxy) is 1. The zero-order chi connectivity index (χ0) is 14.7. The van der Waals surface area contributed by atoms with Gasteiger partial charge in [-0.25, -0.2) is 4.98 Å². The quantitative estimate of drug-likeness (QED) is 0.879. The van der Waals surface area contributed by atoms with E-state index in [0.717, 1.165) is 5.56 Å². The third kappa shape index (κ3) is 3.08. The maximum atomic E-state index is 12.2. The Morgan fingerprint density at radius 3 is 2.65 bits per heavy atom. The van der Waals surface area contributed by atoms with Crippen molar-refractivity contribution in [3.8, 4) is 5.75 Å². The molecule has 0 spiro atoms. The van der Waals surface area contributed by atoms with Gasteiger partial charge in [0.15, 0.2) is 0 Å². The van der Waals surface area contributed by atoms with Gasteiger partial charge in [0.25, 0.3) is 5.91 Å². The zero-order valence-corrected chi connectivity index (χ0v) is 12.3. The van der Waals surface area contributed by atoms with E-state index < -0.39 is 0 Å². The highest BCUT2D eigenvalue weighted by Gasteiger charge is 2.10. The molecule has 0 aliphatic rings. The topological polar surface area (TPSA) is 51.2 Å². The zero-order valence-electron chi connectivity index (χ0n) is 11.5. The predicted molar refractivity (Wildman–Crippen MR) is 79.7 cm³/mol. The van der Waals surface area contributed by atoms with Crippen molar-refractivity contribution in [2.24, 2.45) is 0 Å². The van der Waals surface area contributed by atoms with Gasteiger partial charge in [-0.3, -0.25) is 4.79 Å². The first-order chi connectivity index (χ1) is 9.51. The average Bonchev–Trinajstić information content (AvgIpc) is 2.42. The molecule has 0 saturated heterocycles. The van der Waals surface area contributed by atoms with Crippen LogP contribution in [0.1, 0.15) is 21.6 Å². The Morgan fingerprint density at radius 1 is 1.25 bits per heavy atom. The monoisotopic (exact) mass is 290 g/mol. The van der Waals surface area contributed by atoms with Crippen molar-refractivity contribution in [1.82, 2.24) is 4.98 Å². The van der Waals surface area contributed by atoms with Crippen molar-refractivity contribution in [3.63, 3.8) is 0 Å². The number of anilines is 1. The highest BCUT2D eigenvalue weighted by Crippen LogP contribution is 2.21. The van der Waals surface area contributed by atoms with Gasteiger partial charge >= 0.3 is 0 Å². The maximum absolute atomic E-state index is 12.2. The van der Waals surface area contributed by atoms with Gasteiger partial charge in [-0.2, -0.15) is 0 Å². The fraction of sp³-hybridized carbons (Fsp3) is 0.200. The van der Waals surface area contributed by atoms with Crippen LogP contribution in [0, 0.1) is 13.8 Å². The first-order valence-corrected chi connectivity index (χ1v) is 6.48. The van der Waals surface area contributed by atoms with Crippen LogP contribution in [-0.4, -0.2) is 18.0 Å². The van der Waals surface area contributed by atoms with Crippen molar-refractivity contribution in [2.75, 3.05) is 12.4 Å². The average molecular weight is 291 g/mol. The molecular formula is C15H15ClN2O2. The van der Waals surface area contributed by atoms with E-state index in [-0.39, 0.29) is 5.91 Å². The normalized spacial score (nSPS) is 10.2. The summed E-state index contributed by atoms with van der Waals surface area (Å²) in [6, 6.07) is 8.68. The molecule has 0 unspecified atom stereocenters. The van der Waals surface area contributed by atoms with E-state index >= 15 is 0 Å². The second-order valence-corrected chi connectivity index (χ2v) is 4.79. The second kappa shape index (κ2) is 5.92. The van der Waals surface area contributed by atoms with E-state index in [4.69, 9.17) is 16.3 Å². The number of pyridine rings is 1. The summed E-state index contributed by atoms with van der Waals surface area (Å²) < 4.78 is 5.22. The number of carbonyl (C=O) groups is 1. The Kier molecular flexibility index (Phi) is 4.25. The van der Waals surface area contributed by atoms with Gasteiger partial charge in [-0.1, -0.05) is 17.7 Å². The number of methoxy groups -OCH3 is 1. The van der Waals surface area contributed by atoms with Crippen LogP contribution in [0.2, 0.25) is 5.15 Å². The molecule has 0 aliphatic heterocycles. The molecule has 0 fully saturated rings. The van der Waals surface area contributed by atoms with E-state index in [0.29, 0.717) is 27.8 Å². The minimum Gasteiger partial charge on any atom is -0.496 e. The number of hydrogen-bond donors (Lipinski definition) is 1. The number of aryl methyl sites for hydroxylation is 2. The van der Waals surface area contributed by atoms with E-state index in [2.05, 4.69) is 10.3 Å². The fourth-order valence-electron chi connectivity index (χ4n) is 1.82. The number of aromatic nitrogens is 1. The van der Waals surface area contributed by atoms with Crippen LogP contribution in [-0.2, 0) is 0 Å². The summed E-state index contributed by atoms with van der Waals surface area (Å²) in [6.07, 6.45) is 0. The maximum Gasteiger partial charge on any atom is 0.255 e. The summed E-state index contributed by atoms with van der Waals surface area (Å²) in [4.78, 5) is 16.3. The highest BCUT2D eigenvalue weighted by atomic mass is 35.5. The van der Waals surface area contributed by atoms with Gasteiger partial charge in [0.2, 0.25) is 0 Å². The van der Waals surface area contributed by atoms with Gasteiger partial charge in [-0.05, 0) is 43.7 Å². The van der Waals surface area contributed by atoms with Crippen LogP contribution in [0.3, 0.4) is 0 Å². The van der Waals surface area contributed by atoms with Gasteiger partial charge < -0.3 is 10.1 Å². The molecule has 1 heterocycles. The SMILES string of the molecule is COc1cc(C(=O)Nc2ccc(Cl)nc2C)ccc1C. The number of hydrogen-bond acceptors (Lipinski definition) is 3. The molecule has 104 valence electrons. The molecule has 2 rings (SSSR count). The Morgan fingerprint density at radius 2 is 2.00 bits per heavy atom. The summed E-state index contributed by atoms with van der Waals surface area (Å²) >= 11 is 5.79. The molecule has 0 radical (unpaired) electrons. The Bertz CT molecular complexity index is 656. The predicted octanol–water partition coefficient (Wildman–Crippen LogP) is 3.61. The van der Waals surface area contributed by atoms with E-state index in [1.165, 1.54) is 0 Å². The number of amides is 1. The summed E-state index contributed by atoms with van der Waals surface area (Å²) in [5.74, 6) is 0.471. The highest BCUT2D eigenvalue weighted by molar-refractivity contribution is 6.29. The molecule has 0 atom stereocenters. The number of carbonyl (C=O) groups excluding carboxylic acids is 1. The van der Waals surface area contributed by atoms with Crippen LogP contribution in [0.5, 0.6) is 5.75 Å². The molecule has 1 aromatic heterocycles. The Hall–Kier alpha value is -2.07. The lowest BCUT2D eigenvalue weighted by atomic mass is 10.1. The number of halogens is 1. The number of rotatable bonds is 3. The molecule has 1 amide bonds. The molecule has 1 aromatic carbocycles. The largest absolute Gasteiger partial charge is 0.496 e. The summed E-state index contributed by atoms with van der Waals surface area (Å²) in [5.41, 5.74) is 2.82. The molecule has 2 aromatic rings. The minimum absolute atomic E-state index is 0.212.